The third-order valence-corrected chi connectivity index (χ3v) is 1.45. The number of hydrogen-bond donors (Lipinski definition) is 0. The second-order valence-electron chi connectivity index (χ2n) is 1.71. The minimum atomic E-state index is 0.507. The number of carbonyl (C=O) groups is 1. The van der Waals surface area contributed by atoms with E-state index in [9.17, 15) is 4.79 Å². The number of hydrogen-bond acceptors (Lipinski definition) is 1. The van der Waals surface area contributed by atoms with Gasteiger partial charge in [0.2, 0.25) is 0 Å². The van der Waals surface area contributed by atoms with E-state index in [4.69, 9.17) is 11.6 Å². The molecule has 0 aliphatic heterocycles. The zero-order valence-corrected chi connectivity index (χ0v) is 5.48. The van der Waals surface area contributed by atoms with Crippen molar-refractivity contribution < 1.29 is 4.79 Å². The van der Waals surface area contributed by atoms with Gasteiger partial charge >= 0.3 is 0 Å². The van der Waals surface area contributed by atoms with Crippen molar-refractivity contribution in [2.45, 2.75) is 6.42 Å². The topological polar surface area (TPSA) is 17.1 Å². The molecular formula is C7H5ClO. The van der Waals surface area contributed by atoms with Gasteiger partial charge in [0.25, 0.3) is 0 Å². The van der Waals surface area contributed by atoms with Crippen molar-refractivity contribution in [1.82, 2.24) is 0 Å². The van der Waals surface area contributed by atoms with Crippen molar-refractivity contribution in [1.29, 1.82) is 0 Å². The van der Waals surface area contributed by atoms with E-state index in [-0.39, 0.29) is 0 Å². The van der Waals surface area contributed by atoms with Crippen LogP contribution in [0, 0.1) is 0 Å². The average Bonchev–Trinajstić information content (AvgIpc) is 1.89. The van der Waals surface area contributed by atoms with Gasteiger partial charge < -0.3 is 0 Å². The Balaban J connectivity index is 2.96. The van der Waals surface area contributed by atoms with E-state index in [0.29, 0.717) is 17.0 Å². The average molecular weight is 141 g/mol. The summed E-state index contributed by atoms with van der Waals surface area (Å²) in [5.74, 6) is 0. The molecule has 0 N–H and O–H groups in total. The first-order chi connectivity index (χ1) is 4.34. The minimum absolute atomic E-state index is 0.507. The van der Waals surface area contributed by atoms with Crippen molar-refractivity contribution in [2.75, 3.05) is 0 Å². The van der Waals surface area contributed by atoms with E-state index >= 15 is 0 Å². The van der Waals surface area contributed by atoms with Crippen molar-refractivity contribution >= 4 is 17.9 Å². The van der Waals surface area contributed by atoms with E-state index in [1.807, 2.05) is 0 Å². The number of rotatable bonds is 1. The third kappa shape index (κ3) is 1.32. The maximum atomic E-state index is 10.2. The van der Waals surface area contributed by atoms with Gasteiger partial charge in [-0.05, 0) is 12.2 Å². The highest BCUT2D eigenvalue weighted by Gasteiger charge is 2.00. The number of halogens is 1. The molecule has 0 fully saturated rings. The fourth-order valence-electron chi connectivity index (χ4n) is 0.596. The van der Waals surface area contributed by atoms with E-state index in [2.05, 4.69) is 5.73 Å². The highest BCUT2D eigenvalue weighted by Crippen LogP contribution is 2.15. The Morgan fingerprint density at radius 3 is 3.00 bits per heavy atom. The number of allylic oxidation sites excluding steroid dienone is 3. The molecule has 0 atom stereocenters. The Labute approximate surface area is 58.3 Å². The quantitative estimate of drug-likeness (QED) is 0.401. The van der Waals surface area contributed by atoms with Crippen molar-refractivity contribution in [3.63, 3.8) is 0 Å². The van der Waals surface area contributed by atoms with Gasteiger partial charge in [0.1, 0.15) is 6.29 Å². The van der Waals surface area contributed by atoms with Crippen LogP contribution in [0.15, 0.2) is 28.5 Å². The largest absolute Gasteiger partial charge is 0.298 e. The van der Waals surface area contributed by atoms with Gasteiger partial charge in [0, 0.05) is 12.0 Å². The Hall–Kier alpha value is -0.780. The lowest BCUT2D eigenvalue weighted by molar-refractivity contribution is -0.105. The van der Waals surface area contributed by atoms with Crippen LogP contribution in [0.3, 0.4) is 0 Å². The smallest absolute Gasteiger partial charge is 0.147 e. The molecule has 0 unspecified atom stereocenters. The molecule has 0 aromatic heterocycles. The summed E-state index contributed by atoms with van der Waals surface area (Å²) >= 11 is 5.59. The number of aldehydes is 1. The second-order valence-corrected chi connectivity index (χ2v) is 2.12. The molecule has 1 rings (SSSR count). The van der Waals surface area contributed by atoms with Gasteiger partial charge in [-0.25, -0.2) is 0 Å². The standard InChI is InChI=1S/C7H5ClO/c8-7-4-2-1-3-6(7)5-9/h1,4-5H,3H2. The molecule has 0 heterocycles. The van der Waals surface area contributed by atoms with Crippen LogP contribution in [0.1, 0.15) is 6.42 Å². The third-order valence-electron chi connectivity index (χ3n) is 1.10. The van der Waals surface area contributed by atoms with Crippen molar-refractivity contribution in [3.05, 3.63) is 28.5 Å². The van der Waals surface area contributed by atoms with Gasteiger partial charge in [0.15, 0.2) is 0 Å². The Morgan fingerprint density at radius 2 is 2.56 bits per heavy atom. The lowest BCUT2D eigenvalue weighted by Crippen LogP contribution is -1.87. The molecule has 0 aromatic carbocycles. The predicted molar refractivity (Wildman–Crippen MR) is 36.2 cm³/mol. The minimum Gasteiger partial charge on any atom is -0.298 e. The summed E-state index contributed by atoms with van der Waals surface area (Å²) in [6.45, 7) is 0. The first-order valence-corrected chi connectivity index (χ1v) is 2.97. The van der Waals surface area contributed by atoms with Crippen LogP contribution in [-0.4, -0.2) is 6.29 Å². The molecule has 1 aliphatic carbocycles. The molecule has 0 saturated heterocycles. The summed E-state index contributed by atoms with van der Waals surface area (Å²) in [4.78, 5) is 10.2. The van der Waals surface area contributed by atoms with E-state index in [1.54, 1.807) is 12.2 Å². The molecule has 2 heteroatoms. The molecule has 1 nitrogen and oxygen atoms in total. The van der Waals surface area contributed by atoms with Gasteiger partial charge in [-0.2, -0.15) is 0 Å². The van der Waals surface area contributed by atoms with Crippen LogP contribution in [0.2, 0.25) is 0 Å². The molecular weight excluding hydrogens is 136 g/mol. The molecule has 1 aliphatic rings. The molecule has 0 radical (unpaired) electrons. The van der Waals surface area contributed by atoms with E-state index in [1.165, 1.54) is 0 Å². The SMILES string of the molecule is O=CC1=C(Cl)C=C=CC1. The highest BCUT2D eigenvalue weighted by molar-refractivity contribution is 6.32. The lowest BCUT2D eigenvalue weighted by Gasteiger charge is -1.97. The van der Waals surface area contributed by atoms with Gasteiger partial charge in [-0.15, -0.1) is 5.73 Å². The van der Waals surface area contributed by atoms with E-state index in [0.717, 1.165) is 6.29 Å². The summed E-state index contributed by atoms with van der Waals surface area (Å²) < 4.78 is 0. The summed E-state index contributed by atoms with van der Waals surface area (Å²) in [7, 11) is 0. The molecule has 0 saturated carbocycles. The van der Waals surface area contributed by atoms with Crippen LogP contribution >= 0.6 is 11.6 Å². The monoisotopic (exact) mass is 140 g/mol. The van der Waals surface area contributed by atoms with Crippen molar-refractivity contribution in [2.24, 2.45) is 0 Å². The summed E-state index contributed by atoms with van der Waals surface area (Å²) in [5.41, 5.74) is 3.43. The Bertz CT molecular complexity index is 219. The van der Waals surface area contributed by atoms with Crippen molar-refractivity contribution in [3.8, 4) is 0 Å². The summed E-state index contributed by atoms with van der Waals surface area (Å²) in [5, 5.41) is 0.507. The summed E-state index contributed by atoms with van der Waals surface area (Å²) in [6.07, 6.45) is 4.75. The maximum absolute atomic E-state index is 10.2. The molecule has 9 heavy (non-hydrogen) atoms. The molecule has 46 valence electrons. The number of carbonyl (C=O) groups excluding carboxylic acids is 1. The Kier molecular flexibility index (Phi) is 1.88. The van der Waals surface area contributed by atoms with Crippen LogP contribution < -0.4 is 0 Å². The van der Waals surface area contributed by atoms with Gasteiger partial charge in [0.05, 0.1) is 5.03 Å². The van der Waals surface area contributed by atoms with Crippen LogP contribution in [0.4, 0.5) is 0 Å². The molecule has 0 amide bonds. The molecule has 0 spiro atoms. The zero-order valence-electron chi connectivity index (χ0n) is 4.73. The summed E-state index contributed by atoms with van der Waals surface area (Å²) in [6, 6.07) is 0. The lowest BCUT2D eigenvalue weighted by atomic mass is 10.1. The highest BCUT2D eigenvalue weighted by atomic mass is 35.5. The van der Waals surface area contributed by atoms with Gasteiger partial charge in [-0.3, -0.25) is 4.79 Å². The first-order valence-electron chi connectivity index (χ1n) is 2.59. The van der Waals surface area contributed by atoms with Crippen LogP contribution in [0.5, 0.6) is 0 Å². The molecule has 0 bridgehead atoms. The fraction of sp³-hybridized carbons (Fsp3) is 0.143. The maximum Gasteiger partial charge on any atom is 0.147 e. The molecule has 0 aromatic rings. The van der Waals surface area contributed by atoms with Crippen LogP contribution in [0.25, 0.3) is 0 Å². The normalized spacial score (nSPS) is 16.6. The Morgan fingerprint density at radius 1 is 1.78 bits per heavy atom. The first kappa shape index (κ1) is 6.34. The van der Waals surface area contributed by atoms with E-state index < -0.39 is 0 Å². The zero-order chi connectivity index (χ0) is 6.69. The van der Waals surface area contributed by atoms with Crippen LogP contribution in [-0.2, 0) is 4.79 Å². The fourth-order valence-corrected chi connectivity index (χ4v) is 0.780. The predicted octanol–water partition coefficient (Wildman–Crippen LogP) is 1.79. The van der Waals surface area contributed by atoms with Gasteiger partial charge in [-0.1, -0.05) is 11.6 Å². The second kappa shape index (κ2) is 2.67.